The van der Waals surface area contributed by atoms with E-state index in [1.165, 1.54) is 6.07 Å². The maximum atomic E-state index is 13.6. The minimum atomic E-state index is -1.06. The Labute approximate surface area is 168 Å². The highest BCUT2D eigenvalue weighted by Crippen LogP contribution is 2.44. The molecule has 3 N–H and O–H groups in total. The first kappa shape index (κ1) is 20.2. The van der Waals surface area contributed by atoms with Crippen LogP contribution in [0.2, 0.25) is 0 Å². The van der Waals surface area contributed by atoms with E-state index in [0.717, 1.165) is 24.5 Å². The molecule has 2 amide bonds. The van der Waals surface area contributed by atoms with E-state index in [-0.39, 0.29) is 36.0 Å². The van der Waals surface area contributed by atoms with E-state index in [9.17, 15) is 23.5 Å². The summed E-state index contributed by atoms with van der Waals surface area (Å²) in [6.45, 7) is 3.10. The van der Waals surface area contributed by atoms with Gasteiger partial charge < -0.3 is 15.3 Å². The molecule has 3 aliphatic rings. The van der Waals surface area contributed by atoms with Gasteiger partial charge in [0.1, 0.15) is 5.54 Å². The quantitative estimate of drug-likeness (QED) is 0.696. The Morgan fingerprint density at radius 2 is 2.03 bits per heavy atom. The van der Waals surface area contributed by atoms with E-state index < -0.39 is 23.5 Å². The summed E-state index contributed by atoms with van der Waals surface area (Å²) >= 11 is 0. The predicted molar refractivity (Wildman–Crippen MR) is 101 cm³/mol. The Morgan fingerprint density at radius 1 is 1.28 bits per heavy atom. The number of nitrogens with zero attached hydrogens (tertiary/aromatic N) is 1. The Balaban J connectivity index is 1.36. The minimum absolute atomic E-state index is 0.0170. The van der Waals surface area contributed by atoms with Crippen molar-refractivity contribution in [1.29, 1.82) is 0 Å². The number of piperidine rings is 1. The molecule has 2 saturated heterocycles. The Kier molecular flexibility index (Phi) is 5.33. The second kappa shape index (κ2) is 7.65. The largest absolute Gasteiger partial charge is 0.361 e. The average Bonchev–Trinajstić information content (AvgIpc) is 3.48. The van der Waals surface area contributed by atoms with Crippen molar-refractivity contribution >= 4 is 11.8 Å². The second-order valence-electron chi connectivity index (χ2n) is 8.65. The molecule has 0 bridgehead atoms. The zero-order chi connectivity index (χ0) is 20.8. The van der Waals surface area contributed by atoms with Gasteiger partial charge in [0.15, 0.2) is 18.0 Å². The summed E-state index contributed by atoms with van der Waals surface area (Å²) in [6, 6.07) is 4.02. The highest BCUT2D eigenvalue weighted by atomic mass is 19.2. The smallest absolute Gasteiger partial charge is 0.243 e. The van der Waals surface area contributed by atoms with Gasteiger partial charge in [0.25, 0.3) is 0 Å². The lowest BCUT2D eigenvalue weighted by atomic mass is 9.81. The van der Waals surface area contributed by atoms with E-state index >= 15 is 0 Å². The summed E-state index contributed by atoms with van der Waals surface area (Å²) in [6.07, 6.45) is 2.03. The van der Waals surface area contributed by atoms with Crippen molar-refractivity contribution < 1.29 is 23.5 Å². The van der Waals surface area contributed by atoms with E-state index in [1.807, 2.05) is 6.92 Å². The van der Waals surface area contributed by atoms with Crippen LogP contribution < -0.4 is 10.6 Å². The standard InChI is InChI=1S/C21H27F2N3O3/c1-12-11-26(9-7-15(12)13-2-5-16(22)17(23)10-13)18(27)6-8-21(14-3-4-14)19(28)24-20(29)25-21/h2,5,10,12,14-15,20,25,29H,3-4,6-9,11H2,1H3,(H,24,28)/t12-,15+,20?,21?/m0/s1. The number of nitrogens with one attached hydrogen (secondary N) is 2. The van der Waals surface area contributed by atoms with Crippen molar-refractivity contribution in [1.82, 2.24) is 15.5 Å². The van der Waals surface area contributed by atoms with Crippen molar-refractivity contribution in [3.05, 3.63) is 35.4 Å². The molecule has 29 heavy (non-hydrogen) atoms. The number of likely N-dealkylation sites (tertiary alicyclic amines) is 1. The number of carbonyl (C=O) groups is 2. The van der Waals surface area contributed by atoms with Crippen LogP contribution in [0.1, 0.15) is 50.5 Å². The molecule has 0 spiro atoms. The summed E-state index contributed by atoms with van der Waals surface area (Å²) in [5.74, 6) is -1.60. The number of halogens is 2. The van der Waals surface area contributed by atoms with Crippen LogP contribution in [-0.2, 0) is 9.59 Å². The van der Waals surface area contributed by atoms with Crippen molar-refractivity contribution in [3.8, 4) is 0 Å². The summed E-state index contributed by atoms with van der Waals surface area (Å²) in [5, 5.41) is 15.2. The number of hydrogen-bond acceptors (Lipinski definition) is 4. The first-order chi connectivity index (χ1) is 13.8. The van der Waals surface area contributed by atoms with Crippen molar-refractivity contribution in [3.63, 3.8) is 0 Å². The number of benzene rings is 1. The molecule has 4 rings (SSSR count). The second-order valence-corrected chi connectivity index (χ2v) is 8.65. The lowest BCUT2D eigenvalue weighted by Crippen LogP contribution is -2.51. The summed E-state index contributed by atoms with van der Waals surface area (Å²) in [4.78, 5) is 27.0. The molecule has 4 atom stereocenters. The van der Waals surface area contributed by atoms with Crippen LogP contribution in [0.25, 0.3) is 0 Å². The molecule has 8 heteroatoms. The minimum Gasteiger partial charge on any atom is -0.361 e. The number of aliphatic hydroxyl groups is 1. The molecule has 1 saturated carbocycles. The molecule has 158 valence electrons. The predicted octanol–water partition coefficient (Wildman–Crippen LogP) is 1.84. The third kappa shape index (κ3) is 3.88. The molecule has 2 aliphatic heterocycles. The van der Waals surface area contributed by atoms with Gasteiger partial charge >= 0.3 is 0 Å². The van der Waals surface area contributed by atoms with Crippen molar-refractivity contribution in [2.24, 2.45) is 11.8 Å². The van der Waals surface area contributed by atoms with Crippen LogP contribution in [0.3, 0.4) is 0 Å². The SMILES string of the molecule is C[C@H]1CN(C(=O)CCC2(C3CC3)NC(O)NC2=O)CC[C@H]1c1ccc(F)c(F)c1. The molecule has 0 radical (unpaired) electrons. The van der Waals surface area contributed by atoms with Gasteiger partial charge in [-0.2, -0.15) is 0 Å². The number of rotatable bonds is 5. The Bertz CT molecular complexity index is 816. The number of aliphatic hydroxyl groups excluding tert-OH is 1. The van der Waals surface area contributed by atoms with Crippen LogP contribution in [0, 0.1) is 23.5 Å². The molecular weight excluding hydrogens is 380 g/mol. The maximum Gasteiger partial charge on any atom is 0.243 e. The molecule has 1 aromatic carbocycles. The zero-order valence-corrected chi connectivity index (χ0v) is 16.5. The van der Waals surface area contributed by atoms with E-state index in [4.69, 9.17) is 0 Å². The van der Waals surface area contributed by atoms with E-state index in [2.05, 4.69) is 10.6 Å². The van der Waals surface area contributed by atoms with Crippen molar-refractivity contribution in [2.75, 3.05) is 13.1 Å². The monoisotopic (exact) mass is 407 g/mol. The van der Waals surface area contributed by atoms with Crippen LogP contribution in [-0.4, -0.2) is 46.8 Å². The van der Waals surface area contributed by atoms with E-state index in [1.54, 1.807) is 11.0 Å². The van der Waals surface area contributed by atoms with Crippen LogP contribution in [0.15, 0.2) is 18.2 Å². The van der Waals surface area contributed by atoms with Crippen LogP contribution in [0.4, 0.5) is 8.78 Å². The molecular formula is C21H27F2N3O3. The van der Waals surface area contributed by atoms with Gasteiger partial charge in [-0.25, -0.2) is 8.78 Å². The summed E-state index contributed by atoms with van der Waals surface area (Å²) in [5.41, 5.74) is -0.0954. The van der Waals surface area contributed by atoms with Gasteiger partial charge in [-0.15, -0.1) is 0 Å². The highest BCUT2D eigenvalue weighted by Gasteiger charge is 2.55. The number of hydrogen-bond donors (Lipinski definition) is 3. The van der Waals surface area contributed by atoms with Gasteiger partial charge in [0.05, 0.1) is 0 Å². The third-order valence-corrected chi connectivity index (χ3v) is 6.70. The van der Waals surface area contributed by atoms with Gasteiger partial charge in [0, 0.05) is 19.5 Å². The first-order valence-corrected chi connectivity index (χ1v) is 10.3. The number of amides is 2. The Hall–Kier alpha value is -2.06. The summed E-state index contributed by atoms with van der Waals surface area (Å²) in [7, 11) is 0. The third-order valence-electron chi connectivity index (χ3n) is 6.70. The maximum absolute atomic E-state index is 13.6. The van der Waals surface area contributed by atoms with Crippen LogP contribution >= 0.6 is 0 Å². The van der Waals surface area contributed by atoms with Gasteiger partial charge in [0.2, 0.25) is 11.8 Å². The molecule has 1 aliphatic carbocycles. The lowest BCUT2D eigenvalue weighted by Gasteiger charge is -2.38. The molecule has 3 fully saturated rings. The lowest BCUT2D eigenvalue weighted by molar-refractivity contribution is -0.134. The van der Waals surface area contributed by atoms with Gasteiger partial charge in [-0.3, -0.25) is 14.9 Å². The fourth-order valence-corrected chi connectivity index (χ4v) is 4.94. The van der Waals surface area contributed by atoms with E-state index in [0.29, 0.717) is 25.9 Å². The number of carbonyl (C=O) groups excluding carboxylic acids is 2. The molecule has 1 aromatic rings. The van der Waals surface area contributed by atoms with Gasteiger partial charge in [-0.1, -0.05) is 13.0 Å². The topological polar surface area (TPSA) is 81.7 Å². The van der Waals surface area contributed by atoms with Gasteiger partial charge in [-0.05, 0) is 61.1 Å². The molecule has 2 unspecified atom stereocenters. The zero-order valence-electron chi connectivity index (χ0n) is 16.5. The Morgan fingerprint density at radius 3 is 2.62 bits per heavy atom. The van der Waals surface area contributed by atoms with Crippen molar-refractivity contribution in [2.45, 2.75) is 56.8 Å². The normalized spacial score (nSPS) is 32.3. The highest BCUT2D eigenvalue weighted by molar-refractivity contribution is 5.90. The first-order valence-electron chi connectivity index (χ1n) is 10.3. The fourth-order valence-electron chi connectivity index (χ4n) is 4.94. The average molecular weight is 407 g/mol. The molecule has 0 aromatic heterocycles. The molecule has 6 nitrogen and oxygen atoms in total. The molecule has 2 heterocycles. The fraction of sp³-hybridized carbons (Fsp3) is 0.619. The van der Waals surface area contributed by atoms with Crippen LogP contribution in [0.5, 0.6) is 0 Å². The summed E-state index contributed by atoms with van der Waals surface area (Å²) < 4.78 is 26.8.